The molecular formula is C12H24N2O. The Hall–Kier alpha value is -0.380. The first-order valence-corrected chi connectivity index (χ1v) is 6.00. The van der Waals surface area contributed by atoms with E-state index in [9.17, 15) is 0 Å². The predicted molar refractivity (Wildman–Crippen MR) is 63.4 cm³/mol. The average Bonchev–Trinajstić information content (AvgIpc) is 2.69. The van der Waals surface area contributed by atoms with Crippen molar-refractivity contribution in [3.05, 3.63) is 12.7 Å². The van der Waals surface area contributed by atoms with Crippen molar-refractivity contribution < 1.29 is 4.74 Å². The predicted octanol–water partition coefficient (Wildman–Crippen LogP) is 2.13. The fourth-order valence-corrected chi connectivity index (χ4v) is 2.64. The summed E-state index contributed by atoms with van der Waals surface area (Å²) in [6, 6.07) is 0.262. The maximum Gasteiger partial charge on any atom is 0.0848 e. The third-order valence-electron chi connectivity index (χ3n) is 3.38. The second-order valence-electron chi connectivity index (χ2n) is 4.29. The molecule has 0 radical (unpaired) electrons. The number of ether oxygens (including phenoxy) is 1. The molecule has 0 saturated heterocycles. The molecule has 0 heterocycles. The fourth-order valence-electron chi connectivity index (χ4n) is 2.64. The van der Waals surface area contributed by atoms with Gasteiger partial charge in [0.1, 0.15) is 0 Å². The summed E-state index contributed by atoms with van der Waals surface area (Å²) in [7, 11) is 0. The number of rotatable bonds is 7. The van der Waals surface area contributed by atoms with Crippen molar-refractivity contribution in [2.24, 2.45) is 5.84 Å². The summed E-state index contributed by atoms with van der Waals surface area (Å²) in [4.78, 5) is 0. The minimum Gasteiger partial charge on any atom is -0.374 e. The number of hydrogen-bond acceptors (Lipinski definition) is 3. The molecule has 3 N–H and O–H groups in total. The van der Waals surface area contributed by atoms with Crippen molar-refractivity contribution in [1.29, 1.82) is 0 Å². The van der Waals surface area contributed by atoms with E-state index in [1.807, 2.05) is 6.08 Å². The molecule has 3 nitrogen and oxygen atoms in total. The van der Waals surface area contributed by atoms with Crippen LogP contribution in [0.1, 0.15) is 45.4 Å². The minimum absolute atomic E-state index is 0.0213. The smallest absolute Gasteiger partial charge is 0.0848 e. The molecule has 1 saturated carbocycles. The zero-order chi connectivity index (χ0) is 11.1. The van der Waals surface area contributed by atoms with Crippen molar-refractivity contribution in [2.75, 3.05) is 6.61 Å². The summed E-state index contributed by atoms with van der Waals surface area (Å²) in [5.74, 6) is 5.64. The molecule has 15 heavy (non-hydrogen) atoms. The second-order valence-corrected chi connectivity index (χ2v) is 4.29. The van der Waals surface area contributed by atoms with Crippen LogP contribution >= 0.6 is 0 Å². The molecule has 0 bridgehead atoms. The molecule has 3 heteroatoms. The van der Waals surface area contributed by atoms with Gasteiger partial charge in [-0.2, -0.15) is 0 Å². The van der Waals surface area contributed by atoms with Gasteiger partial charge in [0.05, 0.1) is 11.6 Å². The molecule has 1 fully saturated rings. The SMILES string of the molecule is C=CCCC(NN)C1(OCC)CCCC1. The molecule has 1 rings (SSSR count). The lowest BCUT2D eigenvalue weighted by Gasteiger charge is -2.37. The molecule has 0 spiro atoms. The molecule has 1 aliphatic rings. The zero-order valence-electron chi connectivity index (χ0n) is 9.80. The van der Waals surface area contributed by atoms with Gasteiger partial charge in [-0.3, -0.25) is 11.3 Å². The van der Waals surface area contributed by atoms with Gasteiger partial charge in [0.25, 0.3) is 0 Å². The molecule has 88 valence electrons. The Labute approximate surface area is 93.0 Å². The Balaban J connectivity index is 2.61. The standard InChI is InChI=1S/C12H24N2O/c1-3-5-8-11(14-13)12(15-4-2)9-6-7-10-12/h3,11,14H,1,4-10,13H2,2H3. The summed E-state index contributed by atoms with van der Waals surface area (Å²) < 4.78 is 5.96. The summed E-state index contributed by atoms with van der Waals surface area (Å²) in [5.41, 5.74) is 2.91. The van der Waals surface area contributed by atoms with Crippen molar-refractivity contribution in [1.82, 2.24) is 5.43 Å². The Bertz CT molecular complexity index is 188. The van der Waals surface area contributed by atoms with Crippen LogP contribution in [0.2, 0.25) is 0 Å². The molecular weight excluding hydrogens is 188 g/mol. The van der Waals surface area contributed by atoms with E-state index in [4.69, 9.17) is 10.6 Å². The van der Waals surface area contributed by atoms with E-state index in [1.165, 1.54) is 12.8 Å². The maximum atomic E-state index is 5.96. The summed E-state index contributed by atoms with van der Waals surface area (Å²) in [6.07, 6.45) is 8.72. The topological polar surface area (TPSA) is 47.3 Å². The quantitative estimate of drug-likeness (QED) is 0.386. The molecule has 0 aliphatic heterocycles. The van der Waals surface area contributed by atoms with Gasteiger partial charge < -0.3 is 4.74 Å². The fraction of sp³-hybridized carbons (Fsp3) is 0.833. The van der Waals surface area contributed by atoms with Crippen LogP contribution in [0.3, 0.4) is 0 Å². The highest BCUT2D eigenvalue weighted by Crippen LogP contribution is 2.37. The van der Waals surface area contributed by atoms with Crippen LogP contribution in [0.25, 0.3) is 0 Å². The lowest BCUT2D eigenvalue weighted by atomic mass is 9.89. The monoisotopic (exact) mass is 212 g/mol. The van der Waals surface area contributed by atoms with Crippen LogP contribution in [0.5, 0.6) is 0 Å². The summed E-state index contributed by atoms with van der Waals surface area (Å²) in [5, 5.41) is 0. The van der Waals surface area contributed by atoms with Crippen molar-refractivity contribution in [3.8, 4) is 0 Å². The van der Waals surface area contributed by atoms with Crippen LogP contribution in [-0.2, 0) is 4.74 Å². The Morgan fingerprint density at radius 2 is 2.20 bits per heavy atom. The molecule has 1 aliphatic carbocycles. The zero-order valence-corrected chi connectivity index (χ0v) is 9.80. The van der Waals surface area contributed by atoms with Crippen molar-refractivity contribution >= 4 is 0 Å². The van der Waals surface area contributed by atoms with Crippen LogP contribution in [0.4, 0.5) is 0 Å². The summed E-state index contributed by atoms with van der Waals surface area (Å²) in [6.45, 7) is 6.58. The molecule has 0 aromatic heterocycles. The minimum atomic E-state index is -0.0213. The molecule has 1 atom stereocenters. The number of hydrazine groups is 1. The van der Waals surface area contributed by atoms with Gasteiger partial charge in [-0.15, -0.1) is 6.58 Å². The number of nitrogens with one attached hydrogen (secondary N) is 1. The highest BCUT2D eigenvalue weighted by atomic mass is 16.5. The highest BCUT2D eigenvalue weighted by Gasteiger charge is 2.41. The van der Waals surface area contributed by atoms with E-state index in [-0.39, 0.29) is 11.6 Å². The van der Waals surface area contributed by atoms with Crippen LogP contribution < -0.4 is 11.3 Å². The van der Waals surface area contributed by atoms with Crippen LogP contribution in [-0.4, -0.2) is 18.2 Å². The first-order valence-electron chi connectivity index (χ1n) is 6.00. The van der Waals surface area contributed by atoms with Gasteiger partial charge in [-0.1, -0.05) is 18.9 Å². The van der Waals surface area contributed by atoms with Crippen molar-refractivity contribution in [3.63, 3.8) is 0 Å². The van der Waals surface area contributed by atoms with E-state index in [0.29, 0.717) is 0 Å². The lowest BCUT2D eigenvalue weighted by molar-refractivity contribution is -0.0630. The Kier molecular flexibility index (Phi) is 5.29. The number of allylic oxidation sites excluding steroid dienone is 1. The molecule has 1 unspecified atom stereocenters. The number of nitrogens with two attached hydrogens (primary N) is 1. The largest absolute Gasteiger partial charge is 0.374 e. The molecule has 0 aromatic rings. The third-order valence-corrected chi connectivity index (χ3v) is 3.38. The van der Waals surface area contributed by atoms with Gasteiger partial charge in [0, 0.05) is 6.61 Å². The van der Waals surface area contributed by atoms with E-state index in [1.54, 1.807) is 0 Å². The Morgan fingerprint density at radius 3 is 2.67 bits per heavy atom. The average molecular weight is 212 g/mol. The van der Waals surface area contributed by atoms with Gasteiger partial charge in [-0.05, 0) is 32.6 Å². The Morgan fingerprint density at radius 1 is 1.53 bits per heavy atom. The van der Waals surface area contributed by atoms with Crippen molar-refractivity contribution in [2.45, 2.75) is 57.1 Å². The van der Waals surface area contributed by atoms with Gasteiger partial charge in [-0.25, -0.2) is 0 Å². The normalized spacial score (nSPS) is 21.5. The van der Waals surface area contributed by atoms with Crippen LogP contribution in [0.15, 0.2) is 12.7 Å². The first kappa shape index (κ1) is 12.7. The number of hydrogen-bond donors (Lipinski definition) is 2. The third kappa shape index (κ3) is 3.03. The summed E-state index contributed by atoms with van der Waals surface area (Å²) >= 11 is 0. The maximum absolute atomic E-state index is 5.96. The first-order chi connectivity index (χ1) is 7.29. The van der Waals surface area contributed by atoms with E-state index < -0.39 is 0 Å². The lowest BCUT2D eigenvalue weighted by Crippen LogP contribution is -2.53. The van der Waals surface area contributed by atoms with Gasteiger partial charge >= 0.3 is 0 Å². The second kappa shape index (κ2) is 6.26. The molecule has 0 aromatic carbocycles. The van der Waals surface area contributed by atoms with E-state index >= 15 is 0 Å². The van der Waals surface area contributed by atoms with E-state index in [2.05, 4.69) is 18.9 Å². The van der Waals surface area contributed by atoms with Gasteiger partial charge in [0.15, 0.2) is 0 Å². The molecule has 0 amide bonds. The van der Waals surface area contributed by atoms with Crippen LogP contribution in [0, 0.1) is 0 Å². The highest BCUT2D eigenvalue weighted by molar-refractivity contribution is 4.97. The van der Waals surface area contributed by atoms with E-state index in [0.717, 1.165) is 32.3 Å². The van der Waals surface area contributed by atoms with Gasteiger partial charge in [0.2, 0.25) is 0 Å².